The number of ether oxygens (including phenoxy) is 1. The average Bonchev–Trinajstić information content (AvgIpc) is 2.06. The van der Waals surface area contributed by atoms with E-state index in [1.165, 1.54) is 12.1 Å². The molecule has 78 valence electrons. The van der Waals surface area contributed by atoms with Crippen LogP contribution >= 0.6 is 0 Å². The summed E-state index contributed by atoms with van der Waals surface area (Å²) < 4.78 is 17.9. The summed E-state index contributed by atoms with van der Waals surface area (Å²) in [6, 6.07) is 6.26. The molecule has 0 atom stereocenters. The summed E-state index contributed by atoms with van der Waals surface area (Å²) in [6.45, 7) is 4.76. The highest BCUT2D eigenvalue weighted by Crippen LogP contribution is 2.05. The Bertz CT molecular complexity index is 276. The maximum absolute atomic E-state index is 12.5. The van der Waals surface area contributed by atoms with E-state index in [9.17, 15) is 4.39 Å². The highest BCUT2D eigenvalue weighted by atomic mass is 19.1. The smallest absolute Gasteiger partial charge is 0.123 e. The van der Waals surface area contributed by atoms with Gasteiger partial charge in [0.25, 0.3) is 0 Å². The SMILES string of the molecule is CC(C)(N)COCc1ccc(F)cc1. The number of nitrogens with two attached hydrogens (primary N) is 1. The average molecular weight is 197 g/mol. The predicted octanol–water partition coefficient (Wildman–Crippen LogP) is 2.08. The van der Waals surface area contributed by atoms with E-state index in [1.54, 1.807) is 12.1 Å². The summed E-state index contributed by atoms with van der Waals surface area (Å²) in [7, 11) is 0. The van der Waals surface area contributed by atoms with E-state index in [0.717, 1.165) is 5.56 Å². The van der Waals surface area contributed by atoms with E-state index in [1.807, 2.05) is 13.8 Å². The minimum Gasteiger partial charge on any atom is -0.375 e. The Hall–Kier alpha value is -0.930. The Morgan fingerprint density at radius 3 is 2.36 bits per heavy atom. The van der Waals surface area contributed by atoms with Gasteiger partial charge in [0, 0.05) is 5.54 Å². The third kappa shape index (κ3) is 4.35. The summed E-state index contributed by atoms with van der Waals surface area (Å²) in [5, 5.41) is 0. The van der Waals surface area contributed by atoms with Crippen molar-refractivity contribution in [2.45, 2.75) is 26.0 Å². The van der Waals surface area contributed by atoms with Crippen LogP contribution in [-0.4, -0.2) is 12.1 Å². The summed E-state index contributed by atoms with van der Waals surface area (Å²) in [5.41, 5.74) is 6.37. The topological polar surface area (TPSA) is 35.2 Å². The van der Waals surface area contributed by atoms with E-state index < -0.39 is 0 Å². The summed E-state index contributed by atoms with van der Waals surface area (Å²) >= 11 is 0. The van der Waals surface area contributed by atoms with Gasteiger partial charge in [-0.2, -0.15) is 0 Å². The lowest BCUT2D eigenvalue weighted by atomic mass is 10.1. The number of rotatable bonds is 4. The molecule has 0 aliphatic rings. The van der Waals surface area contributed by atoms with Gasteiger partial charge >= 0.3 is 0 Å². The van der Waals surface area contributed by atoms with Gasteiger partial charge < -0.3 is 10.5 Å². The molecule has 0 unspecified atom stereocenters. The van der Waals surface area contributed by atoms with Gasteiger partial charge in [0.1, 0.15) is 5.82 Å². The van der Waals surface area contributed by atoms with Gasteiger partial charge in [0.2, 0.25) is 0 Å². The van der Waals surface area contributed by atoms with Gasteiger partial charge in [0.15, 0.2) is 0 Å². The van der Waals surface area contributed by atoms with E-state index >= 15 is 0 Å². The quantitative estimate of drug-likeness (QED) is 0.802. The zero-order chi connectivity index (χ0) is 10.6. The maximum Gasteiger partial charge on any atom is 0.123 e. The molecule has 0 amide bonds. The van der Waals surface area contributed by atoms with Crippen LogP contribution in [0.3, 0.4) is 0 Å². The van der Waals surface area contributed by atoms with Crippen LogP contribution < -0.4 is 5.73 Å². The molecule has 0 spiro atoms. The van der Waals surface area contributed by atoms with Crippen LogP contribution in [0.5, 0.6) is 0 Å². The first-order valence-corrected chi connectivity index (χ1v) is 4.58. The highest BCUT2D eigenvalue weighted by molar-refractivity contribution is 5.14. The van der Waals surface area contributed by atoms with Crippen LogP contribution in [0, 0.1) is 5.82 Å². The number of benzene rings is 1. The largest absolute Gasteiger partial charge is 0.375 e. The number of halogens is 1. The normalized spacial score (nSPS) is 11.7. The Morgan fingerprint density at radius 2 is 1.86 bits per heavy atom. The monoisotopic (exact) mass is 197 g/mol. The van der Waals surface area contributed by atoms with E-state index in [2.05, 4.69) is 0 Å². The van der Waals surface area contributed by atoms with Crippen LogP contribution in [0.2, 0.25) is 0 Å². The minimum atomic E-state index is -0.319. The summed E-state index contributed by atoms with van der Waals surface area (Å²) in [6.07, 6.45) is 0. The molecule has 1 rings (SSSR count). The molecular formula is C11H16FNO. The van der Waals surface area contributed by atoms with Crippen LogP contribution in [-0.2, 0) is 11.3 Å². The Balaban J connectivity index is 2.35. The molecule has 1 aromatic rings. The van der Waals surface area contributed by atoms with Crippen molar-refractivity contribution in [2.24, 2.45) is 5.73 Å². The molecule has 0 radical (unpaired) electrons. The molecule has 0 heterocycles. The molecule has 0 saturated carbocycles. The van der Waals surface area contributed by atoms with Crippen LogP contribution in [0.15, 0.2) is 24.3 Å². The fourth-order valence-electron chi connectivity index (χ4n) is 1.01. The van der Waals surface area contributed by atoms with Gasteiger partial charge in [-0.25, -0.2) is 4.39 Å². The van der Waals surface area contributed by atoms with Crippen LogP contribution in [0.4, 0.5) is 4.39 Å². The fourth-order valence-corrected chi connectivity index (χ4v) is 1.01. The van der Waals surface area contributed by atoms with E-state index in [4.69, 9.17) is 10.5 Å². The van der Waals surface area contributed by atoms with Crippen molar-refractivity contribution in [3.05, 3.63) is 35.6 Å². The number of hydrogen-bond donors (Lipinski definition) is 1. The predicted molar refractivity (Wildman–Crippen MR) is 54.3 cm³/mol. The Morgan fingerprint density at radius 1 is 1.29 bits per heavy atom. The molecule has 0 aliphatic heterocycles. The Labute approximate surface area is 83.9 Å². The van der Waals surface area contributed by atoms with Crippen molar-refractivity contribution < 1.29 is 9.13 Å². The highest BCUT2D eigenvalue weighted by Gasteiger charge is 2.09. The molecule has 0 saturated heterocycles. The van der Waals surface area contributed by atoms with Crippen molar-refractivity contribution in [3.63, 3.8) is 0 Å². The van der Waals surface area contributed by atoms with Crippen molar-refractivity contribution in [1.29, 1.82) is 0 Å². The lowest BCUT2D eigenvalue weighted by Crippen LogP contribution is -2.37. The van der Waals surface area contributed by atoms with Gasteiger partial charge in [-0.05, 0) is 31.5 Å². The maximum atomic E-state index is 12.5. The van der Waals surface area contributed by atoms with Gasteiger partial charge in [0.05, 0.1) is 13.2 Å². The molecule has 1 aromatic carbocycles. The van der Waals surface area contributed by atoms with Crippen molar-refractivity contribution in [3.8, 4) is 0 Å². The second kappa shape index (κ2) is 4.53. The van der Waals surface area contributed by atoms with Crippen LogP contribution in [0.25, 0.3) is 0 Å². The molecule has 14 heavy (non-hydrogen) atoms. The molecule has 0 bridgehead atoms. The van der Waals surface area contributed by atoms with Gasteiger partial charge in [-0.15, -0.1) is 0 Å². The molecule has 3 heteroatoms. The minimum absolute atomic E-state index is 0.229. The third-order valence-electron chi connectivity index (χ3n) is 1.66. The van der Waals surface area contributed by atoms with Crippen LogP contribution in [0.1, 0.15) is 19.4 Å². The molecule has 0 aromatic heterocycles. The summed E-state index contributed by atoms with van der Waals surface area (Å²) in [5.74, 6) is -0.229. The lowest BCUT2D eigenvalue weighted by molar-refractivity contribution is 0.0850. The van der Waals surface area contributed by atoms with Gasteiger partial charge in [-0.3, -0.25) is 0 Å². The van der Waals surface area contributed by atoms with Crippen molar-refractivity contribution in [1.82, 2.24) is 0 Å². The lowest BCUT2D eigenvalue weighted by Gasteiger charge is -2.18. The van der Waals surface area contributed by atoms with Crippen molar-refractivity contribution >= 4 is 0 Å². The van der Waals surface area contributed by atoms with Gasteiger partial charge in [-0.1, -0.05) is 12.1 Å². The summed E-state index contributed by atoms with van der Waals surface area (Å²) in [4.78, 5) is 0. The second-order valence-electron chi connectivity index (χ2n) is 4.11. The Kier molecular flexibility index (Phi) is 3.61. The molecular weight excluding hydrogens is 181 g/mol. The second-order valence-corrected chi connectivity index (χ2v) is 4.11. The first kappa shape index (κ1) is 11.1. The van der Waals surface area contributed by atoms with E-state index in [0.29, 0.717) is 13.2 Å². The number of hydrogen-bond acceptors (Lipinski definition) is 2. The zero-order valence-corrected chi connectivity index (χ0v) is 8.59. The fraction of sp³-hybridized carbons (Fsp3) is 0.455. The standard InChI is InChI=1S/C11H16FNO/c1-11(2,13)8-14-7-9-3-5-10(12)6-4-9/h3-6H,7-8,13H2,1-2H3. The molecule has 2 N–H and O–H groups in total. The third-order valence-corrected chi connectivity index (χ3v) is 1.66. The molecule has 0 fully saturated rings. The van der Waals surface area contributed by atoms with Crippen molar-refractivity contribution in [2.75, 3.05) is 6.61 Å². The molecule has 2 nitrogen and oxygen atoms in total. The first-order valence-electron chi connectivity index (χ1n) is 4.58. The first-order chi connectivity index (χ1) is 6.47. The zero-order valence-electron chi connectivity index (χ0n) is 8.59. The van der Waals surface area contributed by atoms with E-state index in [-0.39, 0.29) is 11.4 Å². The molecule has 0 aliphatic carbocycles.